The van der Waals surface area contributed by atoms with E-state index in [0.29, 0.717) is 5.16 Å². The lowest BCUT2D eigenvalue weighted by Gasteiger charge is -2.26. The van der Waals surface area contributed by atoms with Crippen molar-refractivity contribution in [1.82, 2.24) is 9.97 Å². The molecule has 2 N–H and O–H groups in total. The molecule has 0 atom stereocenters. The predicted molar refractivity (Wildman–Crippen MR) is 72.7 cm³/mol. The van der Waals surface area contributed by atoms with Crippen LogP contribution in [0.4, 0.5) is 4.79 Å². The Morgan fingerprint density at radius 1 is 1.22 bits per heavy atom. The summed E-state index contributed by atoms with van der Waals surface area (Å²) in [7, 11) is 0. The molecular weight excluding hydrogens is 252 g/mol. The summed E-state index contributed by atoms with van der Waals surface area (Å²) in [5, 5.41) is 14.5. The van der Waals surface area contributed by atoms with E-state index in [-0.39, 0.29) is 5.41 Å². The van der Waals surface area contributed by atoms with Crippen LogP contribution < -0.4 is 0 Å². The van der Waals surface area contributed by atoms with Crippen molar-refractivity contribution < 1.29 is 15.0 Å². The first-order valence-corrected chi connectivity index (χ1v) is 6.03. The van der Waals surface area contributed by atoms with Crippen molar-refractivity contribution in [1.29, 1.82) is 0 Å². The number of hydrogen-bond acceptors (Lipinski definition) is 4. The topological polar surface area (TPSA) is 83.3 Å². The molecule has 0 saturated heterocycles. The third kappa shape index (κ3) is 4.91. The molecule has 0 aromatic carbocycles. The lowest BCUT2D eigenvalue weighted by molar-refractivity contribution is 0.137. The van der Waals surface area contributed by atoms with Gasteiger partial charge < -0.3 is 10.2 Å². The van der Waals surface area contributed by atoms with Crippen LogP contribution in [0.3, 0.4) is 0 Å². The van der Waals surface area contributed by atoms with Gasteiger partial charge in [0.15, 0.2) is 5.16 Å². The number of carboxylic acid groups (broad SMARTS) is 2. The highest BCUT2D eigenvalue weighted by atomic mass is 32.1. The molecule has 1 heterocycles. The van der Waals surface area contributed by atoms with Gasteiger partial charge in [0, 0.05) is 17.0 Å². The van der Waals surface area contributed by atoms with Crippen LogP contribution in [0, 0.1) is 13.8 Å². The zero-order chi connectivity index (χ0) is 14.5. The summed E-state index contributed by atoms with van der Waals surface area (Å²) in [5.41, 5.74) is 3.51. The van der Waals surface area contributed by atoms with Gasteiger partial charge in [-0.2, -0.15) is 0 Å². The van der Waals surface area contributed by atoms with E-state index in [1.165, 1.54) is 5.56 Å². The Balaban J connectivity index is 0.000000631. The molecule has 0 saturated carbocycles. The normalized spacial score (nSPS) is 10.6. The molecule has 0 radical (unpaired) electrons. The highest BCUT2D eigenvalue weighted by Crippen LogP contribution is 2.30. The number of carbonyl (C=O) groups is 1. The van der Waals surface area contributed by atoms with E-state index in [9.17, 15) is 0 Å². The zero-order valence-electron chi connectivity index (χ0n) is 11.4. The summed E-state index contributed by atoms with van der Waals surface area (Å²) in [6.45, 7) is 10.7. The summed E-state index contributed by atoms with van der Waals surface area (Å²) in [5.74, 6) is 0. The number of nitrogens with zero attached hydrogens (tertiary/aromatic N) is 2. The smallest absolute Gasteiger partial charge is 0.450 e. The van der Waals surface area contributed by atoms with E-state index >= 15 is 0 Å². The van der Waals surface area contributed by atoms with Gasteiger partial charge in [-0.25, -0.2) is 14.8 Å². The molecule has 102 valence electrons. The molecule has 1 rings (SSSR count). The van der Waals surface area contributed by atoms with Crippen molar-refractivity contribution in [2.24, 2.45) is 0 Å². The highest BCUT2D eigenvalue weighted by Gasteiger charge is 2.24. The minimum absolute atomic E-state index is 0.148. The molecule has 0 bridgehead atoms. The van der Waals surface area contributed by atoms with Gasteiger partial charge in [0.05, 0.1) is 0 Å². The van der Waals surface area contributed by atoms with Crippen LogP contribution in [-0.4, -0.2) is 26.3 Å². The SMILES string of the molecule is CCC(C)(C)c1c(C)nc(S)nc1C.O=C(O)O. The van der Waals surface area contributed by atoms with Crippen molar-refractivity contribution in [3.8, 4) is 0 Å². The van der Waals surface area contributed by atoms with Crippen molar-refractivity contribution in [2.75, 3.05) is 0 Å². The minimum atomic E-state index is -1.83. The molecule has 0 spiro atoms. The first-order valence-electron chi connectivity index (χ1n) is 5.58. The van der Waals surface area contributed by atoms with E-state index in [1.807, 2.05) is 13.8 Å². The highest BCUT2D eigenvalue weighted by molar-refractivity contribution is 7.80. The molecule has 0 fully saturated rings. The van der Waals surface area contributed by atoms with Gasteiger partial charge >= 0.3 is 6.16 Å². The van der Waals surface area contributed by atoms with Crippen LogP contribution in [-0.2, 0) is 5.41 Å². The standard InChI is InChI=1S/C11H18N2S.CH2O3/c1-6-11(4,5)9-7(2)12-10(14)13-8(9)3;2-1(3)4/h6H2,1-5H3,(H,12,13,14);(H2,2,3,4). The Morgan fingerprint density at radius 3 is 1.83 bits per heavy atom. The van der Waals surface area contributed by atoms with E-state index in [0.717, 1.165) is 17.8 Å². The van der Waals surface area contributed by atoms with Gasteiger partial charge in [0.1, 0.15) is 0 Å². The van der Waals surface area contributed by atoms with Gasteiger partial charge in [-0.1, -0.05) is 20.8 Å². The maximum atomic E-state index is 8.56. The Hall–Kier alpha value is -1.30. The molecule has 6 heteroatoms. The van der Waals surface area contributed by atoms with E-state index in [1.54, 1.807) is 0 Å². The second-order valence-corrected chi connectivity index (χ2v) is 4.99. The second-order valence-electron chi connectivity index (χ2n) is 4.59. The third-order valence-electron chi connectivity index (χ3n) is 2.82. The average molecular weight is 272 g/mol. The Labute approximate surface area is 113 Å². The maximum Gasteiger partial charge on any atom is 0.503 e. The molecule has 1 aromatic heterocycles. The lowest BCUT2D eigenvalue weighted by Crippen LogP contribution is -2.20. The van der Waals surface area contributed by atoms with Crippen LogP contribution in [0.1, 0.15) is 44.1 Å². The van der Waals surface area contributed by atoms with Crippen LogP contribution in [0.2, 0.25) is 0 Å². The molecule has 18 heavy (non-hydrogen) atoms. The first-order chi connectivity index (χ1) is 8.11. The van der Waals surface area contributed by atoms with Gasteiger partial charge in [-0.05, 0) is 25.7 Å². The minimum Gasteiger partial charge on any atom is -0.450 e. The summed E-state index contributed by atoms with van der Waals surface area (Å²) < 4.78 is 0. The van der Waals surface area contributed by atoms with Crippen LogP contribution in [0.5, 0.6) is 0 Å². The number of thiol groups is 1. The summed E-state index contributed by atoms with van der Waals surface area (Å²) in [6.07, 6.45) is -0.746. The Morgan fingerprint density at radius 2 is 1.56 bits per heavy atom. The molecular formula is C12H20N2O3S. The van der Waals surface area contributed by atoms with E-state index < -0.39 is 6.16 Å². The number of aryl methyl sites for hydroxylation is 2. The molecule has 0 amide bonds. The van der Waals surface area contributed by atoms with Crippen molar-refractivity contribution >= 4 is 18.8 Å². The number of aromatic nitrogens is 2. The molecule has 0 aliphatic heterocycles. The molecule has 0 aliphatic rings. The fourth-order valence-corrected chi connectivity index (χ4v) is 2.15. The third-order valence-corrected chi connectivity index (χ3v) is 3.02. The lowest BCUT2D eigenvalue weighted by atomic mass is 9.80. The van der Waals surface area contributed by atoms with Crippen molar-refractivity contribution in [3.63, 3.8) is 0 Å². The number of hydrogen-bond donors (Lipinski definition) is 3. The van der Waals surface area contributed by atoms with E-state index in [4.69, 9.17) is 15.0 Å². The summed E-state index contributed by atoms with van der Waals surface area (Å²) >= 11 is 4.17. The number of rotatable bonds is 2. The van der Waals surface area contributed by atoms with Crippen molar-refractivity contribution in [3.05, 3.63) is 17.0 Å². The summed E-state index contributed by atoms with van der Waals surface area (Å²) in [6, 6.07) is 0. The van der Waals surface area contributed by atoms with Gasteiger partial charge in [-0.15, -0.1) is 12.6 Å². The van der Waals surface area contributed by atoms with Crippen molar-refractivity contribution in [2.45, 2.75) is 51.6 Å². The van der Waals surface area contributed by atoms with Gasteiger partial charge in [-0.3, -0.25) is 0 Å². The average Bonchev–Trinajstić information content (AvgIpc) is 2.14. The molecule has 5 nitrogen and oxygen atoms in total. The molecule has 1 aromatic rings. The molecule has 0 aliphatic carbocycles. The van der Waals surface area contributed by atoms with Crippen LogP contribution >= 0.6 is 12.6 Å². The second kappa shape index (κ2) is 6.58. The van der Waals surface area contributed by atoms with Crippen LogP contribution in [0.15, 0.2) is 5.16 Å². The quantitative estimate of drug-likeness (QED) is 0.568. The fraction of sp³-hybridized carbons (Fsp3) is 0.583. The molecule has 0 unspecified atom stereocenters. The van der Waals surface area contributed by atoms with Crippen LogP contribution in [0.25, 0.3) is 0 Å². The summed E-state index contributed by atoms with van der Waals surface area (Å²) in [4.78, 5) is 17.2. The monoisotopic (exact) mass is 272 g/mol. The first kappa shape index (κ1) is 16.7. The van der Waals surface area contributed by atoms with Gasteiger partial charge in [0.2, 0.25) is 0 Å². The van der Waals surface area contributed by atoms with E-state index in [2.05, 4.69) is 43.4 Å². The Kier molecular flexibility index (Phi) is 6.11. The zero-order valence-corrected chi connectivity index (χ0v) is 12.2. The predicted octanol–water partition coefficient (Wildman–Crippen LogP) is 3.29. The maximum absolute atomic E-state index is 8.56. The fourth-order valence-electron chi connectivity index (χ4n) is 1.85. The Bertz CT molecular complexity index is 406. The largest absolute Gasteiger partial charge is 0.503 e. The van der Waals surface area contributed by atoms with Gasteiger partial charge in [0.25, 0.3) is 0 Å².